The summed E-state index contributed by atoms with van der Waals surface area (Å²) in [4.78, 5) is -0.240. The smallest absolute Gasteiger partial charge is 0.105 e. The summed E-state index contributed by atoms with van der Waals surface area (Å²) in [6, 6.07) is 0. The zero-order valence-corrected chi connectivity index (χ0v) is 5.71. The van der Waals surface area contributed by atoms with Gasteiger partial charge in [0.2, 0.25) is 0 Å². The second-order valence-electron chi connectivity index (χ2n) is 1.20. The van der Waals surface area contributed by atoms with E-state index in [-0.39, 0.29) is 4.84 Å². The van der Waals surface area contributed by atoms with Crippen molar-refractivity contribution in [1.29, 1.82) is 0 Å². The van der Waals surface area contributed by atoms with E-state index < -0.39 is 0 Å². The highest BCUT2D eigenvalue weighted by Crippen LogP contribution is 2.06. The molecule has 0 heterocycles. The van der Waals surface area contributed by atoms with E-state index in [1.54, 1.807) is 0 Å². The van der Waals surface area contributed by atoms with E-state index in [1.807, 2.05) is 19.1 Å². The predicted molar refractivity (Wildman–Crippen MR) is 34.9 cm³/mol. The Labute approximate surface area is 54.1 Å². The molecule has 42 valence electrons. The third-order valence-corrected chi connectivity index (χ3v) is 0.906. The van der Waals surface area contributed by atoms with Gasteiger partial charge in [-0.2, -0.15) is 0 Å². The van der Waals surface area contributed by atoms with Crippen LogP contribution in [0.3, 0.4) is 0 Å². The van der Waals surface area contributed by atoms with Crippen LogP contribution in [-0.2, 0) is 0 Å². The molecular weight excluding hydrogens is 131 g/mol. The van der Waals surface area contributed by atoms with Crippen LogP contribution >= 0.6 is 23.2 Å². The molecule has 0 nitrogen and oxygen atoms in total. The number of halogens is 2. The van der Waals surface area contributed by atoms with Crippen molar-refractivity contribution >= 4 is 23.2 Å². The molecule has 0 aliphatic heterocycles. The fourth-order valence-electron chi connectivity index (χ4n) is 0.239. The van der Waals surface area contributed by atoms with Crippen LogP contribution in [0.2, 0.25) is 0 Å². The monoisotopic (exact) mass is 138 g/mol. The quantitative estimate of drug-likeness (QED) is 0.407. The van der Waals surface area contributed by atoms with Crippen LogP contribution in [0.25, 0.3) is 0 Å². The van der Waals surface area contributed by atoms with Gasteiger partial charge in [-0.3, -0.25) is 0 Å². The Morgan fingerprint density at radius 3 is 2.29 bits per heavy atom. The van der Waals surface area contributed by atoms with Crippen LogP contribution < -0.4 is 0 Å². The third-order valence-electron chi connectivity index (χ3n) is 0.550. The number of alkyl halides is 2. The fourth-order valence-corrected chi connectivity index (χ4v) is 0.445. The highest BCUT2D eigenvalue weighted by atomic mass is 35.5. The van der Waals surface area contributed by atoms with Crippen molar-refractivity contribution in [3.8, 4) is 0 Å². The maximum atomic E-state index is 5.37. The lowest BCUT2D eigenvalue weighted by molar-refractivity contribution is 1.15. The van der Waals surface area contributed by atoms with Gasteiger partial charge in [-0.25, -0.2) is 0 Å². The highest BCUT2D eigenvalue weighted by molar-refractivity contribution is 6.44. The van der Waals surface area contributed by atoms with Gasteiger partial charge >= 0.3 is 0 Å². The molecule has 0 N–H and O–H groups in total. The first kappa shape index (κ1) is 7.32. The molecule has 0 radical (unpaired) electrons. The average Bonchev–Trinajstić information content (AvgIpc) is 1.61. The van der Waals surface area contributed by atoms with Gasteiger partial charge in [0.1, 0.15) is 4.84 Å². The second kappa shape index (κ2) is 4.48. The molecule has 0 rings (SSSR count). The van der Waals surface area contributed by atoms with E-state index in [0.717, 1.165) is 6.42 Å². The maximum absolute atomic E-state index is 5.37. The zero-order valence-electron chi connectivity index (χ0n) is 4.20. The van der Waals surface area contributed by atoms with Crippen molar-refractivity contribution in [1.82, 2.24) is 0 Å². The lowest BCUT2D eigenvalue weighted by atomic mass is 10.4. The fraction of sp³-hybridized carbons (Fsp3) is 0.600. The number of hydrogen-bond acceptors (Lipinski definition) is 0. The minimum atomic E-state index is -0.240. The van der Waals surface area contributed by atoms with Crippen molar-refractivity contribution in [2.24, 2.45) is 0 Å². The van der Waals surface area contributed by atoms with Gasteiger partial charge in [-0.15, -0.1) is 23.2 Å². The molecule has 0 aromatic heterocycles. The van der Waals surface area contributed by atoms with Gasteiger partial charge in [0.25, 0.3) is 0 Å². The molecule has 0 aliphatic carbocycles. The van der Waals surface area contributed by atoms with Crippen LogP contribution in [0, 0.1) is 0 Å². The Bertz CT molecular complexity index is 57.1. The minimum Gasteiger partial charge on any atom is -0.105 e. The van der Waals surface area contributed by atoms with Gasteiger partial charge in [0.05, 0.1) is 0 Å². The Hall–Kier alpha value is 0.320. The lowest BCUT2D eigenvalue weighted by Gasteiger charge is -1.88. The number of rotatable bonds is 2. The Morgan fingerprint density at radius 2 is 2.14 bits per heavy atom. The van der Waals surface area contributed by atoms with Gasteiger partial charge in [-0.05, 0) is 13.3 Å². The molecule has 0 amide bonds. The third kappa shape index (κ3) is 6.32. The highest BCUT2D eigenvalue weighted by Gasteiger charge is 1.89. The SMILES string of the molecule is CC=CCC(Cl)Cl. The molecular formula is C5H8Cl2. The topological polar surface area (TPSA) is 0 Å². The van der Waals surface area contributed by atoms with Gasteiger partial charge in [-0.1, -0.05) is 12.2 Å². The van der Waals surface area contributed by atoms with Crippen LogP contribution in [0.1, 0.15) is 13.3 Å². The molecule has 0 spiro atoms. The normalized spacial score (nSPS) is 11.4. The minimum absolute atomic E-state index is 0.240. The van der Waals surface area contributed by atoms with E-state index in [2.05, 4.69) is 0 Å². The van der Waals surface area contributed by atoms with Crippen molar-refractivity contribution in [3.05, 3.63) is 12.2 Å². The van der Waals surface area contributed by atoms with E-state index in [0.29, 0.717) is 0 Å². The number of hydrogen-bond donors (Lipinski definition) is 0. The summed E-state index contributed by atoms with van der Waals surface area (Å²) in [5, 5.41) is 0. The summed E-state index contributed by atoms with van der Waals surface area (Å²) >= 11 is 10.7. The molecule has 0 fully saturated rings. The van der Waals surface area contributed by atoms with Gasteiger partial charge in [0, 0.05) is 0 Å². The molecule has 2 heteroatoms. The zero-order chi connectivity index (χ0) is 5.70. The first-order valence-corrected chi connectivity index (χ1v) is 3.04. The standard InChI is InChI=1S/C5H8Cl2/c1-2-3-4-5(6)7/h2-3,5H,4H2,1H3. The molecule has 0 saturated heterocycles. The van der Waals surface area contributed by atoms with E-state index in [4.69, 9.17) is 23.2 Å². The van der Waals surface area contributed by atoms with Crippen LogP contribution in [0.4, 0.5) is 0 Å². The van der Waals surface area contributed by atoms with Crippen LogP contribution in [0.5, 0.6) is 0 Å². The summed E-state index contributed by atoms with van der Waals surface area (Å²) in [5.41, 5.74) is 0. The Morgan fingerprint density at radius 1 is 1.57 bits per heavy atom. The predicted octanol–water partition coefficient (Wildman–Crippen LogP) is 2.76. The number of allylic oxidation sites excluding steroid dienone is 2. The van der Waals surface area contributed by atoms with E-state index >= 15 is 0 Å². The molecule has 0 aliphatic rings. The lowest BCUT2D eigenvalue weighted by Crippen LogP contribution is -1.78. The van der Waals surface area contributed by atoms with Crippen molar-refractivity contribution in [2.45, 2.75) is 18.2 Å². The Kier molecular flexibility index (Phi) is 4.68. The first-order chi connectivity index (χ1) is 3.27. The summed E-state index contributed by atoms with van der Waals surface area (Å²) < 4.78 is 0. The molecule has 7 heavy (non-hydrogen) atoms. The molecule has 0 bridgehead atoms. The van der Waals surface area contributed by atoms with Crippen molar-refractivity contribution < 1.29 is 0 Å². The van der Waals surface area contributed by atoms with Gasteiger partial charge < -0.3 is 0 Å². The summed E-state index contributed by atoms with van der Waals surface area (Å²) in [6.45, 7) is 1.94. The van der Waals surface area contributed by atoms with E-state index in [1.165, 1.54) is 0 Å². The second-order valence-corrected chi connectivity index (χ2v) is 2.47. The van der Waals surface area contributed by atoms with Crippen LogP contribution in [0.15, 0.2) is 12.2 Å². The first-order valence-electron chi connectivity index (χ1n) is 2.16. The molecule has 0 saturated carbocycles. The van der Waals surface area contributed by atoms with E-state index in [9.17, 15) is 0 Å². The summed E-state index contributed by atoms with van der Waals surface area (Å²) in [5.74, 6) is 0. The largest absolute Gasteiger partial charge is 0.111 e. The maximum Gasteiger partial charge on any atom is 0.111 e. The molecule has 0 aromatic carbocycles. The molecule has 0 unspecified atom stereocenters. The average molecular weight is 139 g/mol. The summed E-state index contributed by atoms with van der Waals surface area (Å²) in [7, 11) is 0. The Balaban J connectivity index is 2.97. The van der Waals surface area contributed by atoms with Crippen molar-refractivity contribution in [3.63, 3.8) is 0 Å². The molecule has 0 atom stereocenters. The molecule has 0 aromatic rings. The van der Waals surface area contributed by atoms with Gasteiger partial charge in [0.15, 0.2) is 0 Å². The van der Waals surface area contributed by atoms with Crippen LogP contribution in [-0.4, -0.2) is 4.84 Å². The van der Waals surface area contributed by atoms with Crippen molar-refractivity contribution in [2.75, 3.05) is 0 Å². The summed E-state index contributed by atoms with van der Waals surface area (Å²) in [6.07, 6.45) is 4.61.